The van der Waals surface area contributed by atoms with Gasteiger partial charge in [0.05, 0.1) is 0 Å². The van der Waals surface area contributed by atoms with E-state index in [2.05, 4.69) is 43.9 Å². The SMILES string of the molecule is C=CC(C)NC1CCc2ccc(C)cc21. The average Bonchev–Trinajstić information content (AvgIpc) is 2.61. The number of fused-ring (bicyclic) bond motifs is 1. The standard InChI is InChI=1S/C14H19N/c1-4-11(3)15-14-8-7-12-6-5-10(2)9-13(12)14/h4-6,9,11,14-15H,1,7-8H2,2-3H3. The van der Waals surface area contributed by atoms with E-state index in [4.69, 9.17) is 0 Å². The van der Waals surface area contributed by atoms with Gasteiger partial charge in [-0.3, -0.25) is 0 Å². The van der Waals surface area contributed by atoms with Crippen LogP contribution in [0.3, 0.4) is 0 Å². The molecule has 1 aromatic rings. The van der Waals surface area contributed by atoms with Gasteiger partial charge in [-0.2, -0.15) is 0 Å². The molecule has 0 saturated heterocycles. The largest absolute Gasteiger partial charge is 0.304 e. The fraction of sp³-hybridized carbons (Fsp3) is 0.429. The van der Waals surface area contributed by atoms with Gasteiger partial charge in [-0.1, -0.05) is 29.8 Å². The monoisotopic (exact) mass is 201 g/mol. The lowest BCUT2D eigenvalue weighted by Crippen LogP contribution is -2.27. The van der Waals surface area contributed by atoms with E-state index in [1.54, 1.807) is 0 Å². The van der Waals surface area contributed by atoms with Gasteiger partial charge in [0.1, 0.15) is 0 Å². The minimum Gasteiger partial charge on any atom is -0.304 e. The molecule has 0 spiro atoms. The van der Waals surface area contributed by atoms with Crippen LogP contribution in [0.1, 0.15) is 36.1 Å². The molecule has 80 valence electrons. The van der Waals surface area contributed by atoms with Crippen molar-refractivity contribution in [2.24, 2.45) is 0 Å². The molecule has 1 heteroatoms. The zero-order valence-electron chi connectivity index (χ0n) is 9.59. The minimum atomic E-state index is 0.390. The molecule has 0 radical (unpaired) electrons. The summed E-state index contributed by atoms with van der Waals surface area (Å²) in [4.78, 5) is 0. The maximum atomic E-state index is 3.81. The topological polar surface area (TPSA) is 12.0 Å². The lowest BCUT2D eigenvalue weighted by Gasteiger charge is -2.17. The molecule has 1 nitrogen and oxygen atoms in total. The Bertz CT molecular complexity index is 368. The Labute approximate surface area is 92.2 Å². The van der Waals surface area contributed by atoms with Crippen LogP contribution in [0.5, 0.6) is 0 Å². The van der Waals surface area contributed by atoms with Crippen LogP contribution in [0.15, 0.2) is 30.9 Å². The predicted octanol–water partition coefficient (Wildman–Crippen LogP) is 3.15. The molecule has 0 amide bonds. The van der Waals surface area contributed by atoms with E-state index < -0.39 is 0 Å². The number of aryl methyl sites for hydroxylation is 2. The number of benzene rings is 1. The van der Waals surface area contributed by atoms with Crippen molar-refractivity contribution in [2.45, 2.75) is 38.8 Å². The van der Waals surface area contributed by atoms with Crippen molar-refractivity contribution in [3.8, 4) is 0 Å². The first-order valence-corrected chi connectivity index (χ1v) is 5.68. The number of rotatable bonds is 3. The van der Waals surface area contributed by atoms with Gasteiger partial charge in [0.2, 0.25) is 0 Å². The summed E-state index contributed by atoms with van der Waals surface area (Å²) in [5, 5.41) is 3.59. The molecule has 2 atom stereocenters. The van der Waals surface area contributed by atoms with Crippen molar-refractivity contribution in [3.05, 3.63) is 47.5 Å². The normalized spacial score (nSPS) is 21.1. The van der Waals surface area contributed by atoms with Crippen LogP contribution in [-0.2, 0) is 6.42 Å². The Balaban J connectivity index is 2.20. The summed E-state index contributed by atoms with van der Waals surface area (Å²) < 4.78 is 0. The zero-order chi connectivity index (χ0) is 10.8. The molecule has 0 saturated carbocycles. The van der Waals surface area contributed by atoms with Crippen LogP contribution >= 0.6 is 0 Å². The molecular formula is C14H19N. The van der Waals surface area contributed by atoms with E-state index in [0.717, 1.165) is 0 Å². The van der Waals surface area contributed by atoms with Crippen LogP contribution in [0.4, 0.5) is 0 Å². The fourth-order valence-electron chi connectivity index (χ4n) is 2.28. The third-order valence-corrected chi connectivity index (χ3v) is 3.20. The van der Waals surface area contributed by atoms with Crippen LogP contribution in [0.25, 0.3) is 0 Å². The number of hydrogen-bond acceptors (Lipinski definition) is 1. The smallest absolute Gasteiger partial charge is 0.0331 e. The molecule has 2 unspecified atom stereocenters. The molecule has 0 bridgehead atoms. The Morgan fingerprint density at radius 1 is 1.53 bits per heavy atom. The molecule has 0 fully saturated rings. The molecule has 0 aromatic heterocycles. The first-order chi connectivity index (χ1) is 7.20. The van der Waals surface area contributed by atoms with Crippen molar-refractivity contribution in [1.29, 1.82) is 0 Å². The number of nitrogens with one attached hydrogen (secondary N) is 1. The van der Waals surface area contributed by atoms with E-state index in [9.17, 15) is 0 Å². The van der Waals surface area contributed by atoms with Crippen molar-refractivity contribution in [3.63, 3.8) is 0 Å². The van der Waals surface area contributed by atoms with Crippen molar-refractivity contribution in [2.75, 3.05) is 0 Å². The van der Waals surface area contributed by atoms with E-state index >= 15 is 0 Å². The Kier molecular flexibility index (Phi) is 2.92. The molecule has 0 heterocycles. The van der Waals surface area contributed by atoms with Gasteiger partial charge >= 0.3 is 0 Å². The maximum absolute atomic E-state index is 3.81. The Morgan fingerprint density at radius 2 is 2.33 bits per heavy atom. The molecule has 0 aliphatic heterocycles. The van der Waals surface area contributed by atoms with E-state index in [1.165, 1.54) is 29.5 Å². The van der Waals surface area contributed by atoms with Crippen LogP contribution in [0.2, 0.25) is 0 Å². The highest BCUT2D eigenvalue weighted by atomic mass is 14.9. The quantitative estimate of drug-likeness (QED) is 0.741. The van der Waals surface area contributed by atoms with E-state index in [0.29, 0.717) is 12.1 Å². The van der Waals surface area contributed by atoms with Crippen LogP contribution < -0.4 is 5.32 Å². The van der Waals surface area contributed by atoms with Crippen LogP contribution in [0, 0.1) is 6.92 Å². The number of hydrogen-bond donors (Lipinski definition) is 1. The summed E-state index contributed by atoms with van der Waals surface area (Å²) in [6, 6.07) is 7.70. The molecule has 1 aliphatic rings. The first kappa shape index (κ1) is 10.4. The molecule has 2 rings (SSSR count). The fourth-order valence-corrected chi connectivity index (χ4v) is 2.28. The van der Waals surface area contributed by atoms with Gasteiger partial charge < -0.3 is 5.32 Å². The second kappa shape index (κ2) is 4.19. The van der Waals surface area contributed by atoms with Crippen LogP contribution in [-0.4, -0.2) is 6.04 Å². The molecule has 1 aromatic carbocycles. The predicted molar refractivity (Wildman–Crippen MR) is 65.0 cm³/mol. The van der Waals surface area contributed by atoms with Crippen molar-refractivity contribution < 1.29 is 0 Å². The van der Waals surface area contributed by atoms with E-state index in [-0.39, 0.29) is 0 Å². The lowest BCUT2D eigenvalue weighted by atomic mass is 10.0. The lowest BCUT2D eigenvalue weighted by molar-refractivity contribution is 0.500. The molecule has 15 heavy (non-hydrogen) atoms. The van der Waals surface area contributed by atoms with Gasteiger partial charge in [-0.15, -0.1) is 6.58 Å². The molecule has 1 aliphatic carbocycles. The second-order valence-electron chi connectivity index (χ2n) is 4.48. The summed E-state index contributed by atoms with van der Waals surface area (Å²) in [5.41, 5.74) is 4.35. The summed E-state index contributed by atoms with van der Waals surface area (Å²) >= 11 is 0. The molecular weight excluding hydrogens is 182 g/mol. The average molecular weight is 201 g/mol. The first-order valence-electron chi connectivity index (χ1n) is 5.68. The summed E-state index contributed by atoms with van der Waals surface area (Å²) in [7, 11) is 0. The molecule has 1 N–H and O–H groups in total. The Hall–Kier alpha value is -1.08. The summed E-state index contributed by atoms with van der Waals surface area (Å²) in [5.74, 6) is 0. The summed E-state index contributed by atoms with van der Waals surface area (Å²) in [6.45, 7) is 8.13. The van der Waals surface area contributed by atoms with Crippen molar-refractivity contribution in [1.82, 2.24) is 5.32 Å². The van der Waals surface area contributed by atoms with Gasteiger partial charge in [0.25, 0.3) is 0 Å². The zero-order valence-corrected chi connectivity index (χ0v) is 9.59. The van der Waals surface area contributed by atoms with Crippen molar-refractivity contribution >= 4 is 0 Å². The highest BCUT2D eigenvalue weighted by Gasteiger charge is 2.22. The maximum Gasteiger partial charge on any atom is 0.0331 e. The minimum absolute atomic E-state index is 0.390. The van der Waals surface area contributed by atoms with Gasteiger partial charge in [0.15, 0.2) is 0 Å². The second-order valence-corrected chi connectivity index (χ2v) is 4.48. The third-order valence-electron chi connectivity index (χ3n) is 3.20. The highest BCUT2D eigenvalue weighted by molar-refractivity contribution is 5.37. The van der Waals surface area contributed by atoms with Gasteiger partial charge in [-0.25, -0.2) is 0 Å². The summed E-state index contributed by atoms with van der Waals surface area (Å²) in [6.07, 6.45) is 4.39. The van der Waals surface area contributed by atoms with Gasteiger partial charge in [0, 0.05) is 12.1 Å². The van der Waals surface area contributed by atoms with E-state index in [1.807, 2.05) is 6.08 Å². The van der Waals surface area contributed by atoms with Gasteiger partial charge in [-0.05, 0) is 37.8 Å². The Morgan fingerprint density at radius 3 is 3.07 bits per heavy atom. The highest BCUT2D eigenvalue weighted by Crippen LogP contribution is 2.31. The third kappa shape index (κ3) is 2.13.